The number of nitrogens with zero attached hydrogens (tertiary/aromatic N) is 4. The van der Waals surface area contributed by atoms with Gasteiger partial charge in [-0.25, -0.2) is 4.98 Å². The molecule has 168 valence electrons. The summed E-state index contributed by atoms with van der Waals surface area (Å²) in [5, 5.41) is 19.0. The minimum absolute atomic E-state index is 0.0483. The van der Waals surface area contributed by atoms with Gasteiger partial charge in [0.05, 0.1) is 11.1 Å². The van der Waals surface area contributed by atoms with Crippen molar-refractivity contribution in [2.24, 2.45) is 13.0 Å². The Balaban J connectivity index is 1.75. The average molecular weight is 453 g/mol. The smallest absolute Gasteiger partial charge is 0.303 e. The molecule has 3 aromatic heterocycles. The summed E-state index contributed by atoms with van der Waals surface area (Å²) in [6, 6.07) is 3.81. The van der Waals surface area contributed by atoms with Crippen molar-refractivity contribution in [3.05, 3.63) is 45.7 Å². The van der Waals surface area contributed by atoms with Gasteiger partial charge in [0, 0.05) is 53.8 Å². The maximum Gasteiger partial charge on any atom is 0.303 e. The van der Waals surface area contributed by atoms with Gasteiger partial charge in [0.1, 0.15) is 11.7 Å². The first-order chi connectivity index (χ1) is 15.4. The molecule has 1 N–H and O–H groups in total. The van der Waals surface area contributed by atoms with Crippen molar-refractivity contribution in [3.8, 4) is 6.07 Å². The third-order valence-corrected chi connectivity index (χ3v) is 6.52. The molecule has 0 aromatic carbocycles. The van der Waals surface area contributed by atoms with E-state index in [1.54, 1.807) is 24.3 Å². The highest BCUT2D eigenvalue weighted by Crippen LogP contribution is 2.29. The number of carbonyl (C=O) groups excluding carboxylic acids is 1. The Bertz CT molecular complexity index is 1130. The minimum Gasteiger partial charge on any atom is -0.481 e. The van der Waals surface area contributed by atoms with Crippen molar-refractivity contribution >= 4 is 34.1 Å². The van der Waals surface area contributed by atoms with Crippen LogP contribution in [0.25, 0.3) is 11.0 Å². The highest BCUT2D eigenvalue weighted by molar-refractivity contribution is 7.09. The number of thiazole rings is 1. The van der Waals surface area contributed by atoms with Gasteiger partial charge in [0.25, 0.3) is 0 Å². The second kappa shape index (κ2) is 11.0. The van der Waals surface area contributed by atoms with Crippen LogP contribution in [0, 0.1) is 17.2 Å². The van der Waals surface area contributed by atoms with Crippen molar-refractivity contribution in [1.82, 2.24) is 14.5 Å². The van der Waals surface area contributed by atoms with E-state index in [1.807, 2.05) is 23.3 Å². The Morgan fingerprint density at radius 3 is 2.59 bits per heavy atom. The molecule has 0 aliphatic rings. The number of carboxylic acids is 1. The standard InChI is InChI=1S/C24H28N4O3S/c1-16(10-22(30)31)9-21(29)23-19-11-17(12-25)13-27-24(19)28(2)20(23)8-6-4-3-5-7-18-14-26-15-32-18/h11,13-16H,3-10H2,1-2H3,(H,30,31)/t16-/m1/s1. The van der Waals surface area contributed by atoms with E-state index in [9.17, 15) is 14.9 Å². The molecule has 0 aliphatic heterocycles. The number of hydrogen-bond donors (Lipinski definition) is 1. The highest BCUT2D eigenvalue weighted by atomic mass is 32.1. The zero-order chi connectivity index (χ0) is 23.1. The predicted octanol–water partition coefficient (Wildman–Crippen LogP) is 4.93. The van der Waals surface area contributed by atoms with Crippen LogP contribution in [0.15, 0.2) is 24.0 Å². The van der Waals surface area contributed by atoms with E-state index in [2.05, 4.69) is 16.0 Å². The van der Waals surface area contributed by atoms with Gasteiger partial charge in [-0.15, -0.1) is 11.3 Å². The number of aliphatic carboxylic acids is 1. The fourth-order valence-corrected chi connectivity index (χ4v) is 4.77. The number of fused-ring (bicyclic) bond motifs is 1. The zero-order valence-corrected chi connectivity index (χ0v) is 19.3. The molecule has 3 aromatic rings. The predicted molar refractivity (Wildman–Crippen MR) is 124 cm³/mol. The molecule has 32 heavy (non-hydrogen) atoms. The monoisotopic (exact) mass is 452 g/mol. The van der Waals surface area contributed by atoms with Gasteiger partial charge in [0.15, 0.2) is 5.78 Å². The molecule has 0 fully saturated rings. The van der Waals surface area contributed by atoms with E-state index < -0.39 is 5.97 Å². The molecule has 3 rings (SSSR count). The highest BCUT2D eigenvalue weighted by Gasteiger charge is 2.24. The van der Waals surface area contributed by atoms with Crippen LogP contribution in [0.3, 0.4) is 0 Å². The van der Waals surface area contributed by atoms with Crippen molar-refractivity contribution in [1.29, 1.82) is 5.26 Å². The van der Waals surface area contributed by atoms with Crippen LogP contribution >= 0.6 is 11.3 Å². The van der Waals surface area contributed by atoms with Gasteiger partial charge in [0.2, 0.25) is 0 Å². The summed E-state index contributed by atoms with van der Waals surface area (Å²) in [6.45, 7) is 1.78. The maximum atomic E-state index is 13.2. The van der Waals surface area contributed by atoms with Gasteiger partial charge in [-0.1, -0.05) is 19.8 Å². The number of rotatable bonds is 12. The maximum absolute atomic E-state index is 13.2. The number of hydrogen-bond acceptors (Lipinski definition) is 6. The average Bonchev–Trinajstić information content (AvgIpc) is 3.36. The quantitative estimate of drug-likeness (QED) is 0.308. The third kappa shape index (κ3) is 5.80. The molecule has 0 aliphatic carbocycles. The number of carboxylic acid groups (broad SMARTS) is 1. The Morgan fingerprint density at radius 1 is 1.19 bits per heavy atom. The molecule has 0 bridgehead atoms. The van der Waals surface area contributed by atoms with Crippen molar-refractivity contribution in [3.63, 3.8) is 0 Å². The molecule has 7 nitrogen and oxygen atoms in total. The fourth-order valence-electron chi connectivity index (χ4n) is 4.12. The van der Waals surface area contributed by atoms with Crippen LogP contribution in [-0.2, 0) is 24.7 Å². The lowest BCUT2D eigenvalue weighted by atomic mass is 9.94. The van der Waals surface area contributed by atoms with Crippen LogP contribution in [0.5, 0.6) is 0 Å². The van der Waals surface area contributed by atoms with Gasteiger partial charge >= 0.3 is 5.97 Å². The largest absolute Gasteiger partial charge is 0.481 e. The summed E-state index contributed by atoms with van der Waals surface area (Å²) in [5.41, 5.74) is 4.45. The van der Waals surface area contributed by atoms with E-state index in [0.717, 1.165) is 44.2 Å². The lowest BCUT2D eigenvalue weighted by molar-refractivity contribution is -0.137. The Hall–Kier alpha value is -3.05. The van der Waals surface area contributed by atoms with Crippen LogP contribution in [0.1, 0.15) is 71.9 Å². The Morgan fingerprint density at radius 2 is 1.94 bits per heavy atom. The molecule has 0 unspecified atom stereocenters. The third-order valence-electron chi connectivity index (χ3n) is 5.68. The molecule has 1 atom stereocenters. The van der Waals surface area contributed by atoms with Gasteiger partial charge in [-0.05, 0) is 37.7 Å². The Kier molecular flexibility index (Phi) is 8.12. The van der Waals surface area contributed by atoms with Crippen LogP contribution in [-0.4, -0.2) is 31.4 Å². The SMILES string of the molecule is C[C@@H](CC(=O)O)CC(=O)c1c(CCCCCCc2cncs2)n(C)c2ncc(C#N)cc12. The number of nitriles is 1. The van der Waals surface area contributed by atoms with E-state index in [0.29, 0.717) is 22.2 Å². The zero-order valence-electron chi connectivity index (χ0n) is 18.5. The molecule has 3 heterocycles. The summed E-state index contributed by atoms with van der Waals surface area (Å²) < 4.78 is 1.95. The second-order valence-corrected chi connectivity index (χ2v) is 9.27. The van der Waals surface area contributed by atoms with E-state index >= 15 is 0 Å². The molecular formula is C24H28N4O3S. The molecule has 0 saturated carbocycles. The van der Waals surface area contributed by atoms with E-state index in [-0.39, 0.29) is 24.5 Å². The lowest BCUT2D eigenvalue weighted by Gasteiger charge is -2.10. The normalized spacial score (nSPS) is 12.0. The summed E-state index contributed by atoms with van der Waals surface area (Å²) in [6.07, 6.45) is 9.56. The number of Topliss-reactive ketones (excluding diaryl/α,β-unsaturated/α-hetero) is 1. The van der Waals surface area contributed by atoms with Crippen LogP contribution in [0.4, 0.5) is 0 Å². The second-order valence-electron chi connectivity index (χ2n) is 8.30. The fraction of sp³-hybridized carbons (Fsp3) is 0.458. The first-order valence-corrected chi connectivity index (χ1v) is 11.8. The lowest BCUT2D eigenvalue weighted by Crippen LogP contribution is -2.12. The molecular weight excluding hydrogens is 424 g/mol. The van der Waals surface area contributed by atoms with Crippen molar-refractivity contribution in [2.75, 3.05) is 0 Å². The number of ketones is 1. The van der Waals surface area contributed by atoms with Gasteiger partial charge in [-0.3, -0.25) is 14.6 Å². The topological polar surface area (TPSA) is 109 Å². The first-order valence-electron chi connectivity index (χ1n) is 10.9. The van der Waals surface area contributed by atoms with Gasteiger partial charge in [-0.2, -0.15) is 5.26 Å². The number of pyridine rings is 1. The molecule has 0 spiro atoms. The molecule has 0 amide bonds. The van der Waals surface area contributed by atoms with Gasteiger partial charge < -0.3 is 9.67 Å². The molecule has 0 saturated heterocycles. The Labute approximate surface area is 191 Å². The first kappa shape index (κ1) is 23.6. The van der Waals surface area contributed by atoms with E-state index in [1.165, 1.54) is 11.1 Å². The van der Waals surface area contributed by atoms with E-state index in [4.69, 9.17) is 5.11 Å². The minimum atomic E-state index is -0.907. The summed E-state index contributed by atoms with van der Waals surface area (Å²) in [4.78, 5) is 34.1. The summed E-state index contributed by atoms with van der Waals surface area (Å²) in [7, 11) is 1.90. The molecule has 0 radical (unpaired) electrons. The number of aryl methyl sites for hydroxylation is 2. The summed E-state index contributed by atoms with van der Waals surface area (Å²) in [5.74, 6) is -1.25. The number of carbonyl (C=O) groups is 2. The number of aromatic nitrogens is 3. The van der Waals surface area contributed by atoms with Crippen molar-refractivity contribution < 1.29 is 14.7 Å². The summed E-state index contributed by atoms with van der Waals surface area (Å²) >= 11 is 1.69. The van der Waals surface area contributed by atoms with Crippen LogP contribution < -0.4 is 0 Å². The van der Waals surface area contributed by atoms with Crippen LogP contribution in [0.2, 0.25) is 0 Å². The molecule has 8 heteroatoms. The van der Waals surface area contributed by atoms with Crippen molar-refractivity contribution in [2.45, 2.75) is 58.3 Å². The number of unbranched alkanes of at least 4 members (excludes halogenated alkanes) is 3.